The number of aryl methyl sites for hydroxylation is 6. The number of amides is 4. The molecule has 5 N–H and O–H groups in total. The van der Waals surface area contributed by atoms with Gasteiger partial charge in [0, 0.05) is 122 Å². The molecule has 514 valence electrons. The lowest BCUT2D eigenvalue weighted by Crippen LogP contribution is -2.50. The van der Waals surface area contributed by atoms with Gasteiger partial charge in [-0.2, -0.15) is 0 Å². The van der Waals surface area contributed by atoms with E-state index in [2.05, 4.69) is 118 Å². The molecular formula is C69H90Br2N16O9. The predicted octanol–water partition coefficient (Wildman–Crippen LogP) is 8.52. The van der Waals surface area contributed by atoms with Gasteiger partial charge in [-0.15, -0.1) is 0 Å². The van der Waals surface area contributed by atoms with Crippen molar-refractivity contribution in [1.82, 2.24) is 66.0 Å². The molecule has 10 rings (SSSR count). The lowest BCUT2D eigenvalue weighted by Gasteiger charge is -2.37. The van der Waals surface area contributed by atoms with Gasteiger partial charge in [-0.1, -0.05) is 19.9 Å². The van der Waals surface area contributed by atoms with Crippen LogP contribution in [0.15, 0.2) is 92.6 Å². The van der Waals surface area contributed by atoms with Crippen molar-refractivity contribution in [2.45, 2.75) is 94.2 Å². The number of nitrogens with one attached hydrogen (secondary N) is 5. The topological polar surface area (TPSA) is 295 Å². The molecule has 6 aromatic heterocycles. The second-order valence-corrected chi connectivity index (χ2v) is 25.3. The van der Waals surface area contributed by atoms with Gasteiger partial charge in [0.05, 0.1) is 63.7 Å². The number of pyridine rings is 5. The summed E-state index contributed by atoms with van der Waals surface area (Å²) in [7, 11) is 6.15. The lowest BCUT2D eigenvalue weighted by molar-refractivity contribution is 0.0240. The maximum atomic E-state index is 12.1. The van der Waals surface area contributed by atoms with Crippen molar-refractivity contribution in [2.24, 2.45) is 0 Å². The number of carbonyl (C=O) groups excluding carboxylic acids is 6. The number of aromatic nitrogens is 7. The molecule has 25 nitrogen and oxygen atoms in total. The minimum absolute atomic E-state index is 0.0885. The van der Waals surface area contributed by atoms with Crippen LogP contribution in [-0.4, -0.2) is 193 Å². The summed E-state index contributed by atoms with van der Waals surface area (Å²) in [6.07, 6.45) is 0.862. The van der Waals surface area contributed by atoms with E-state index < -0.39 is 11.6 Å². The summed E-state index contributed by atoms with van der Waals surface area (Å²) in [6.45, 7) is 29.9. The number of benzene rings is 1. The van der Waals surface area contributed by atoms with Gasteiger partial charge in [0.25, 0.3) is 23.3 Å². The Morgan fingerprint density at radius 2 is 0.969 bits per heavy atom. The first-order chi connectivity index (χ1) is 45.7. The number of Topliss-reactive ketones (excluding diaryl/α,β-unsaturated/α-hetero) is 1. The minimum atomic E-state index is -0.482. The molecule has 96 heavy (non-hydrogen) atoms. The first-order valence-corrected chi connectivity index (χ1v) is 33.4. The number of ketones is 1. The number of esters is 1. The smallest absolute Gasteiger partial charge is 0.410 e. The normalized spacial score (nSPS) is 13.8. The Labute approximate surface area is 578 Å². The van der Waals surface area contributed by atoms with Gasteiger partial charge in [0.2, 0.25) is 0 Å². The quantitative estimate of drug-likeness (QED) is 0.0565. The molecule has 3 aliphatic rings. The predicted molar refractivity (Wildman–Crippen MR) is 381 cm³/mol. The number of carbonyl (C=O) groups is 6. The van der Waals surface area contributed by atoms with Gasteiger partial charge >= 0.3 is 12.1 Å². The highest BCUT2D eigenvalue weighted by Gasteiger charge is 2.27. The molecule has 3 aliphatic heterocycles. The molecule has 0 bridgehead atoms. The fourth-order valence-corrected chi connectivity index (χ4v) is 10.8. The molecule has 9 heterocycles. The first kappa shape index (κ1) is 76.2. The van der Waals surface area contributed by atoms with E-state index >= 15 is 0 Å². The van der Waals surface area contributed by atoms with Crippen LogP contribution in [0.5, 0.6) is 0 Å². The molecule has 0 aliphatic carbocycles. The number of piperazine rings is 3. The third-order valence-electron chi connectivity index (χ3n) is 15.6. The van der Waals surface area contributed by atoms with Crippen LogP contribution in [0.3, 0.4) is 0 Å². The summed E-state index contributed by atoms with van der Waals surface area (Å²) >= 11 is 6.61. The van der Waals surface area contributed by atoms with E-state index in [9.17, 15) is 33.6 Å². The van der Waals surface area contributed by atoms with E-state index in [0.717, 1.165) is 130 Å². The molecule has 0 unspecified atom stereocenters. The van der Waals surface area contributed by atoms with Gasteiger partial charge in [0.1, 0.15) is 39.8 Å². The fraction of sp³-hybridized carbons (Fsp3) is 0.435. The molecule has 4 amide bonds. The summed E-state index contributed by atoms with van der Waals surface area (Å²) in [5.74, 6) is -0.826. The maximum absolute atomic E-state index is 12.1. The van der Waals surface area contributed by atoms with Crippen LogP contribution in [0, 0.1) is 34.6 Å². The zero-order valence-corrected chi connectivity index (χ0v) is 60.6. The van der Waals surface area contributed by atoms with Crippen molar-refractivity contribution in [3.63, 3.8) is 0 Å². The number of anilines is 3. The summed E-state index contributed by atoms with van der Waals surface area (Å²) in [4.78, 5) is 121. The zero-order chi connectivity index (χ0) is 70.4. The van der Waals surface area contributed by atoms with E-state index in [1.54, 1.807) is 62.4 Å². The molecule has 7 aromatic rings. The molecule has 27 heteroatoms. The van der Waals surface area contributed by atoms with Crippen molar-refractivity contribution >= 4 is 95.5 Å². The molecule has 0 atom stereocenters. The Hall–Kier alpha value is -8.79. The first-order valence-electron chi connectivity index (χ1n) is 31.9. The number of aromatic amines is 1. The van der Waals surface area contributed by atoms with Gasteiger partial charge in [-0.25, -0.2) is 39.5 Å². The van der Waals surface area contributed by atoms with Crippen LogP contribution >= 0.6 is 31.9 Å². The summed E-state index contributed by atoms with van der Waals surface area (Å²) in [6, 6.07) is 24.2. The number of methoxy groups -OCH3 is 1. The monoisotopic (exact) mass is 1440 g/mol. The molecule has 0 spiro atoms. The number of fused-ring (bicyclic) bond motifs is 1. The number of rotatable bonds is 12. The standard InChI is InChI=1S/C23H28N6O2.C17H26N4O3.C12H18N4O.C9H10BrNO.C8H8BrNO2/c1-4-17-23(31)27-20-13-16(5-6-18(20)26-17)14-28-9-11-29(12-10-28)21-8-7-19(22(30)24-3)25-15(21)2;1-12-14(7-6-13(19-12)15(22)18-5)20-8-10-21(11-9-20)16(23)24-17(2,3)4;1-9-11(16-7-5-14-6-8-16)4-3-10(15-9)12(17)13-2;1-3-9(12)8-5-4-7(10)6(2)11-8;1-5-6(9)3-4-7(10-5)8(11)12-2/h5-8,13H,4,9-12,14H2,1-3H3,(H,24,30)(H,27,31);6-7H,8-11H2,1-5H3,(H,18,22);3-4,14H,5-8H2,1-2H3,(H,13,17);4-5H,3H2,1-2H3;3-4H,1-2H3. The Bertz CT molecular complexity index is 3850. The second kappa shape index (κ2) is 36.4. The fourth-order valence-electron chi connectivity index (χ4n) is 10.3. The van der Waals surface area contributed by atoms with Gasteiger partial charge in [-0.3, -0.25) is 28.9 Å². The van der Waals surface area contributed by atoms with Crippen LogP contribution < -0.4 is 41.5 Å². The molecule has 0 radical (unpaired) electrons. The van der Waals surface area contributed by atoms with Crippen molar-refractivity contribution in [3.05, 3.63) is 166 Å². The largest absolute Gasteiger partial charge is 0.464 e. The highest BCUT2D eigenvalue weighted by Crippen LogP contribution is 2.25. The molecule has 0 saturated carbocycles. The average molecular weight is 1450 g/mol. The highest BCUT2D eigenvalue weighted by atomic mass is 79.9. The van der Waals surface area contributed by atoms with Crippen LogP contribution in [0.25, 0.3) is 11.0 Å². The zero-order valence-electron chi connectivity index (χ0n) is 57.5. The van der Waals surface area contributed by atoms with Crippen LogP contribution in [-0.2, 0) is 22.4 Å². The Morgan fingerprint density at radius 1 is 0.542 bits per heavy atom. The summed E-state index contributed by atoms with van der Waals surface area (Å²) < 4.78 is 11.7. The lowest BCUT2D eigenvalue weighted by atomic mass is 10.1. The minimum Gasteiger partial charge on any atom is -0.464 e. The van der Waals surface area contributed by atoms with Crippen LogP contribution in [0.4, 0.5) is 21.9 Å². The molecule has 3 saturated heterocycles. The summed E-state index contributed by atoms with van der Waals surface area (Å²) in [5.41, 5.74) is 12.4. The van der Waals surface area contributed by atoms with Gasteiger partial charge in [0.15, 0.2) is 5.78 Å². The van der Waals surface area contributed by atoms with Crippen LogP contribution in [0.2, 0.25) is 0 Å². The average Bonchev–Trinajstić information content (AvgIpc) is 0.828. The van der Waals surface area contributed by atoms with E-state index in [1.165, 1.54) is 7.11 Å². The van der Waals surface area contributed by atoms with E-state index in [1.807, 2.05) is 106 Å². The molecular weight excluding hydrogens is 1360 g/mol. The van der Waals surface area contributed by atoms with Gasteiger partial charge in [-0.05, 0) is 172 Å². The Balaban J connectivity index is 0.000000200. The number of halogens is 2. The third-order valence-corrected chi connectivity index (χ3v) is 17.3. The van der Waals surface area contributed by atoms with Crippen molar-refractivity contribution in [3.8, 4) is 0 Å². The summed E-state index contributed by atoms with van der Waals surface area (Å²) in [5, 5.41) is 11.1. The third kappa shape index (κ3) is 21.9. The van der Waals surface area contributed by atoms with E-state index in [4.69, 9.17) is 4.74 Å². The van der Waals surface area contributed by atoms with Crippen molar-refractivity contribution in [2.75, 3.05) is 121 Å². The van der Waals surface area contributed by atoms with Crippen molar-refractivity contribution in [1.29, 1.82) is 0 Å². The number of H-pyrrole nitrogens is 1. The van der Waals surface area contributed by atoms with Crippen LogP contribution in [0.1, 0.15) is 133 Å². The maximum Gasteiger partial charge on any atom is 0.410 e. The highest BCUT2D eigenvalue weighted by molar-refractivity contribution is 9.10. The Kier molecular flexibility index (Phi) is 28.9. The molecule has 1 aromatic carbocycles. The van der Waals surface area contributed by atoms with E-state index in [-0.39, 0.29) is 35.2 Å². The van der Waals surface area contributed by atoms with Gasteiger partial charge < -0.3 is 55.3 Å². The number of ether oxygens (including phenoxy) is 2. The van der Waals surface area contributed by atoms with E-state index in [0.29, 0.717) is 73.2 Å². The number of hydrogen-bond donors (Lipinski definition) is 5. The Morgan fingerprint density at radius 3 is 1.39 bits per heavy atom. The SMILES string of the molecule is CCC(=O)c1ccc(Br)c(C)n1.CCc1nc2ccc(CN3CCN(c4ccc(C(=O)NC)nc4C)CC3)cc2[nH]c1=O.CNC(=O)c1ccc(N2CCN(C(=O)OC(C)(C)C)CC2)c(C)n1.CNC(=O)c1ccc(N2CCNCC2)c(C)n1.COC(=O)c1ccc(Br)c(C)n1. The number of nitrogens with zero attached hydrogens (tertiary/aromatic N) is 11. The number of hydrogen-bond acceptors (Lipinski definition) is 20. The second-order valence-electron chi connectivity index (χ2n) is 23.6. The van der Waals surface area contributed by atoms with Crippen molar-refractivity contribution < 1.29 is 38.2 Å². The molecule has 3 fully saturated rings.